The Morgan fingerprint density at radius 3 is 3.20 bits per heavy atom. The largest absolute Gasteiger partial charge is 0.461 e. The molecule has 0 fully saturated rings. The van der Waals surface area contributed by atoms with Crippen molar-refractivity contribution in [2.24, 2.45) is 0 Å². The van der Waals surface area contributed by atoms with Crippen LogP contribution in [0.3, 0.4) is 0 Å². The predicted octanol–water partition coefficient (Wildman–Crippen LogP) is 0.488. The second-order valence-corrected chi connectivity index (χ2v) is 2.89. The number of carbonyl (C=O) groups excluding carboxylic acids is 1. The monoisotopic (exact) mass is 206 g/mol. The van der Waals surface area contributed by atoms with Crippen LogP contribution in [0.5, 0.6) is 0 Å². The van der Waals surface area contributed by atoms with Gasteiger partial charge in [0, 0.05) is 6.20 Å². The molecule has 0 aliphatic carbocycles. The lowest BCUT2D eigenvalue weighted by molar-refractivity contribution is 0.0519. The van der Waals surface area contributed by atoms with Crippen LogP contribution >= 0.6 is 0 Å². The van der Waals surface area contributed by atoms with Gasteiger partial charge in [-0.25, -0.2) is 14.8 Å². The molecular weight excluding hydrogens is 196 g/mol. The number of fused-ring (bicyclic) bond motifs is 1. The van der Waals surface area contributed by atoms with Crippen LogP contribution in [0.1, 0.15) is 17.4 Å². The first kappa shape index (κ1) is 9.45. The van der Waals surface area contributed by atoms with Gasteiger partial charge in [0.2, 0.25) is 5.78 Å². The topological polar surface area (TPSA) is 82.5 Å². The third-order valence-corrected chi connectivity index (χ3v) is 1.89. The average molecular weight is 206 g/mol. The van der Waals surface area contributed by atoms with Crippen LogP contribution in [0, 0.1) is 0 Å². The molecule has 15 heavy (non-hydrogen) atoms. The lowest BCUT2D eigenvalue weighted by atomic mass is 10.4. The number of ether oxygens (including phenoxy) is 1. The fourth-order valence-corrected chi connectivity index (χ4v) is 1.21. The zero-order valence-electron chi connectivity index (χ0n) is 8.17. The highest BCUT2D eigenvalue weighted by Gasteiger charge is 2.10. The summed E-state index contributed by atoms with van der Waals surface area (Å²) >= 11 is 0. The first-order valence-electron chi connectivity index (χ1n) is 4.49. The molecule has 2 aromatic rings. The Bertz CT molecular complexity index is 506. The molecule has 0 bridgehead atoms. The highest BCUT2D eigenvalue weighted by Crippen LogP contribution is 2.07. The number of nitrogen functional groups attached to an aromatic ring is 1. The van der Waals surface area contributed by atoms with E-state index in [2.05, 4.69) is 9.97 Å². The summed E-state index contributed by atoms with van der Waals surface area (Å²) in [7, 11) is 0. The zero-order valence-corrected chi connectivity index (χ0v) is 8.17. The van der Waals surface area contributed by atoms with Gasteiger partial charge in [-0.05, 0) is 13.0 Å². The summed E-state index contributed by atoms with van der Waals surface area (Å²) in [5, 5.41) is 0. The van der Waals surface area contributed by atoms with Gasteiger partial charge in [0.25, 0.3) is 0 Å². The van der Waals surface area contributed by atoms with Gasteiger partial charge in [-0.2, -0.15) is 0 Å². The standard InChI is InChI=1S/C9H10N4O2/c1-2-15-8(14)6-3-4-13-7(10)5-11-9(13)12-6/h3-5H,2,10H2,1H3. The molecule has 0 aliphatic heterocycles. The molecular formula is C9H10N4O2. The number of hydrogen-bond acceptors (Lipinski definition) is 5. The highest BCUT2D eigenvalue weighted by molar-refractivity contribution is 5.87. The molecule has 78 valence electrons. The van der Waals surface area contributed by atoms with Crippen molar-refractivity contribution in [1.29, 1.82) is 0 Å². The highest BCUT2D eigenvalue weighted by atomic mass is 16.5. The van der Waals surface area contributed by atoms with Gasteiger partial charge in [-0.15, -0.1) is 0 Å². The molecule has 6 heteroatoms. The molecule has 2 heterocycles. The van der Waals surface area contributed by atoms with E-state index in [4.69, 9.17) is 10.5 Å². The molecule has 0 radical (unpaired) electrons. The molecule has 0 saturated heterocycles. The molecule has 0 aliphatic rings. The van der Waals surface area contributed by atoms with Crippen molar-refractivity contribution in [3.05, 3.63) is 24.2 Å². The van der Waals surface area contributed by atoms with E-state index >= 15 is 0 Å². The summed E-state index contributed by atoms with van der Waals surface area (Å²) in [6, 6.07) is 1.54. The molecule has 0 amide bonds. The Hall–Kier alpha value is -2.11. The summed E-state index contributed by atoms with van der Waals surface area (Å²) in [6.45, 7) is 2.06. The first-order valence-corrected chi connectivity index (χ1v) is 4.49. The Morgan fingerprint density at radius 1 is 1.67 bits per heavy atom. The molecule has 0 saturated carbocycles. The molecule has 0 atom stereocenters. The number of nitrogens with two attached hydrogens (primary N) is 1. The second kappa shape index (κ2) is 3.56. The summed E-state index contributed by atoms with van der Waals surface area (Å²) in [6.07, 6.45) is 3.12. The number of nitrogens with zero attached hydrogens (tertiary/aromatic N) is 3. The van der Waals surface area contributed by atoms with Gasteiger partial charge in [-0.3, -0.25) is 4.40 Å². The maximum absolute atomic E-state index is 11.3. The van der Waals surface area contributed by atoms with E-state index in [1.54, 1.807) is 23.6 Å². The Kier molecular flexibility index (Phi) is 2.24. The van der Waals surface area contributed by atoms with Crippen LogP contribution in [0.2, 0.25) is 0 Å². The van der Waals surface area contributed by atoms with Gasteiger partial charge >= 0.3 is 5.97 Å². The van der Waals surface area contributed by atoms with Crippen LogP contribution in [0.4, 0.5) is 5.82 Å². The SMILES string of the molecule is CCOC(=O)c1ccn2c(N)cnc2n1. The third-order valence-electron chi connectivity index (χ3n) is 1.89. The minimum Gasteiger partial charge on any atom is -0.461 e. The molecule has 0 aromatic carbocycles. The molecule has 0 unspecified atom stereocenters. The Morgan fingerprint density at radius 2 is 2.47 bits per heavy atom. The Labute approximate surface area is 85.7 Å². The van der Waals surface area contributed by atoms with Crippen LogP contribution in [-0.2, 0) is 4.74 Å². The Balaban J connectivity index is 2.43. The number of carbonyl (C=O) groups is 1. The zero-order chi connectivity index (χ0) is 10.8. The maximum Gasteiger partial charge on any atom is 0.357 e. The van der Waals surface area contributed by atoms with Crippen molar-refractivity contribution in [3.8, 4) is 0 Å². The van der Waals surface area contributed by atoms with Crippen molar-refractivity contribution >= 4 is 17.6 Å². The summed E-state index contributed by atoms with van der Waals surface area (Å²) in [5.74, 6) is 0.410. The van der Waals surface area contributed by atoms with Crippen LogP contribution < -0.4 is 5.73 Å². The van der Waals surface area contributed by atoms with E-state index in [9.17, 15) is 4.79 Å². The van der Waals surface area contributed by atoms with Gasteiger partial charge in [0.1, 0.15) is 5.82 Å². The van der Waals surface area contributed by atoms with Gasteiger partial charge < -0.3 is 10.5 Å². The second-order valence-electron chi connectivity index (χ2n) is 2.89. The third kappa shape index (κ3) is 1.61. The molecule has 2 rings (SSSR count). The first-order chi connectivity index (χ1) is 7.22. The summed E-state index contributed by atoms with van der Waals surface area (Å²) < 4.78 is 6.40. The predicted molar refractivity (Wildman–Crippen MR) is 53.4 cm³/mol. The number of rotatable bonds is 2. The van der Waals surface area contributed by atoms with Gasteiger partial charge in [0.05, 0.1) is 12.8 Å². The summed E-state index contributed by atoms with van der Waals surface area (Å²) in [4.78, 5) is 19.3. The van der Waals surface area contributed by atoms with Crippen molar-refractivity contribution in [1.82, 2.24) is 14.4 Å². The maximum atomic E-state index is 11.3. The normalized spacial score (nSPS) is 10.5. The van der Waals surface area contributed by atoms with Crippen molar-refractivity contribution in [3.63, 3.8) is 0 Å². The van der Waals surface area contributed by atoms with Crippen LogP contribution in [0.25, 0.3) is 5.78 Å². The lowest BCUT2D eigenvalue weighted by Gasteiger charge is -2.01. The minimum absolute atomic E-state index is 0.231. The number of imidazole rings is 1. The fraction of sp³-hybridized carbons (Fsp3) is 0.222. The van der Waals surface area contributed by atoms with E-state index in [0.717, 1.165) is 0 Å². The number of hydrogen-bond donors (Lipinski definition) is 1. The van der Waals surface area contributed by atoms with E-state index in [0.29, 0.717) is 18.2 Å². The molecule has 2 aromatic heterocycles. The number of aromatic nitrogens is 3. The number of anilines is 1. The summed E-state index contributed by atoms with van der Waals surface area (Å²) in [5.41, 5.74) is 5.84. The quantitative estimate of drug-likeness (QED) is 0.723. The molecule has 6 nitrogen and oxygen atoms in total. The smallest absolute Gasteiger partial charge is 0.357 e. The van der Waals surface area contributed by atoms with E-state index in [1.165, 1.54) is 6.20 Å². The average Bonchev–Trinajstić information content (AvgIpc) is 2.60. The van der Waals surface area contributed by atoms with Crippen molar-refractivity contribution in [2.75, 3.05) is 12.3 Å². The van der Waals surface area contributed by atoms with E-state index in [-0.39, 0.29) is 5.69 Å². The minimum atomic E-state index is -0.457. The van der Waals surface area contributed by atoms with Gasteiger partial charge in [0.15, 0.2) is 5.69 Å². The van der Waals surface area contributed by atoms with Crippen LogP contribution in [-0.4, -0.2) is 26.9 Å². The van der Waals surface area contributed by atoms with Crippen molar-refractivity contribution < 1.29 is 9.53 Å². The number of esters is 1. The fourth-order valence-electron chi connectivity index (χ4n) is 1.21. The van der Waals surface area contributed by atoms with E-state index in [1.807, 2.05) is 0 Å². The molecule has 0 spiro atoms. The van der Waals surface area contributed by atoms with Crippen LogP contribution in [0.15, 0.2) is 18.5 Å². The molecule has 2 N–H and O–H groups in total. The lowest BCUT2D eigenvalue weighted by Crippen LogP contribution is -2.08. The van der Waals surface area contributed by atoms with Gasteiger partial charge in [-0.1, -0.05) is 0 Å². The van der Waals surface area contributed by atoms with Crippen molar-refractivity contribution in [2.45, 2.75) is 6.92 Å². The van der Waals surface area contributed by atoms with E-state index < -0.39 is 5.97 Å².